The SMILES string of the molecule is CCCCCCCCCCCCCCCCC(=O)O[C@H](COC(=O)CCCCCCCCCCCC)COP(=O)(O)OC[C@H](O)COP(=O)(O)OC[C@@H](COC(=O)CCCCCCCCCCCCCCC(C)C)OC(=O)CCCCCCCCCCCCCCCCCCC(C)C. The summed E-state index contributed by atoms with van der Waals surface area (Å²) in [5.41, 5.74) is 0. The lowest BCUT2D eigenvalue weighted by Gasteiger charge is -2.21. The molecule has 17 nitrogen and oxygen atoms in total. The molecule has 0 aromatic carbocycles. The van der Waals surface area contributed by atoms with Gasteiger partial charge in [-0.15, -0.1) is 0 Å². The lowest BCUT2D eigenvalue weighted by molar-refractivity contribution is -0.161. The van der Waals surface area contributed by atoms with Crippen LogP contribution >= 0.6 is 15.6 Å². The largest absolute Gasteiger partial charge is 0.472 e. The van der Waals surface area contributed by atoms with Crippen molar-refractivity contribution in [2.75, 3.05) is 39.6 Å². The van der Waals surface area contributed by atoms with Gasteiger partial charge in [0.25, 0.3) is 0 Å². The molecule has 0 bridgehead atoms. The van der Waals surface area contributed by atoms with Gasteiger partial charge < -0.3 is 33.8 Å². The Bertz CT molecular complexity index is 1890. The van der Waals surface area contributed by atoms with Crippen molar-refractivity contribution in [3.63, 3.8) is 0 Å². The summed E-state index contributed by atoms with van der Waals surface area (Å²) in [6, 6.07) is 0. The number of ether oxygens (including phenoxy) is 4. The summed E-state index contributed by atoms with van der Waals surface area (Å²) in [5.74, 6) is -0.518. The van der Waals surface area contributed by atoms with Crippen LogP contribution in [0.3, 0.4) is 0 Å². The third-order valence-corrected chi connectivity index (χ3v) is 20.4. The molecule has 0 heterocycles. The van der Waals surface area contributed by atoms with E-state index in [2.05, 4.69) is 41.5 Å². The monoisotopic (exact) mass is 1440 g/mol. The lowest BCUT2D eigenvalue weighted by atomic mass is 10.0. The van der Waals surface area contributed by atoms with Crippen LogP contribution in [0.2, 0.25) is 0 Å². The second kappa shape index (κ2) is 70.7. The number of carbonyl (C=O) groups is 4. The van der Waals surface area contributed by atoms with Crippen LogP contribution < -0.4 is 0 Å². The van der Waals surface area contributed by atoms with E-state index in [-0.39, 0.29) is 25.7 Å². The highest BCUT2D eigenvalue weighted by Gasteiger charge is 2.30. The van der Waals surface area contributed by atoms with Gasteiger partial charge >= 0.3 is 39.5 Å². The summed E-state index contributed by atoms with van der Waals surface area (Å²) >= 11 is 0. The Morgan fingerprint density at radius 2 is 0.469 bits per heavy atom. The summed E-state index contributed by atoms with van der Waals surface area (Å²) in [6.45, 7) is 9.66. The maximum atomic E-state index is 13.1. The van der Waals surface area contributed by atoms with Gasteiger partial charge in [0.1, 0.15) is 19.3 Å². The smallest absolute Gasteiger partial charge is 0.462 e. The maximum absolute atomic E-state index is 13.1. The predicted octanol–water partition coefficient (Wildman–Crippen LogP) is 23.5. The fourth-order valence-corrected chi connectivity index (χ4v) is 13.8. The van der Waals surface area contributed by atoms with Gasteiger partial charge in [-0.3, -0.25) is 37.3 Å². The van der Waals surface area contributed by atoms with E-state index < -0.39 is 97.5 Å². The zero-order valence-corrected chi connectivity index (χ0v) is 65.9. The first kappa shape index (κ1) is 96.1. The molecule has 0 aliphatic rings. The van der Waals surface area contributed by atoms with E-state index in [0.29, 0.717) is 25.7 Å². The van der Waals surface area contributed by atoms with E-state index in [9.17, 15) is 43.2 Å². The van der Waals surface area contributed by atoms with Gasteiger partial charge in [-0.05, 0) is 37.5 Å². The van der Waals surface area contributed by atoms with Crippen molar-refractivity contribution in [2.45, 2.75) is 432 Å². The first-order valence-corrected chi connectivity index (χ1v) is 44.0. The Hall–Kier alpha value is -1.94. The van der Waals surface area contributed by atoms with E-state index in [1.165, 1.54) is 231 Å². The number of esters is 4. The number of hydrogen-bond acceptors (Lipinski definition) is 15. The second-order valence-corrected chi connectivity index (χ2v) is 32.3. The van der Waals surface area contributed by atoms with Gasteiger partial charge in [-0.1, -0.05) is 363 Å². The summed E-state index contributed by atoms with van der Waals surface area (Å²) in [7, 11) is -9.91. The molecule has 98 heavy (non-hydrogen) atoms. The summed E-state index contributed by atoms with van der Waals surface area (Å²) in [4.78, 5) is 72.9. The minimum Gasteiger partial charge on any atom is -0.462 e. The maximum Gasteiger partial charge on any atom is 0.472 e. The minimum absolute atomic E-state index is 0.108. The van der Waals surface area contributed by atoms with E-state index in [0.717, 1.165) is 102 Å². The molecular weight excluding hydrogens is 1280 g/mol. The van der Waals surface area contributed by atoms with Gasteiger partial charge in [-0.25, -0.2) is 9.13 Å². The van der Waals surface area contributed by atoms with E-state index in [1.54, 1.807) is 0 Å². The average Bonchev–Trinajstić information content (AvgIpc) is 1.03. The number of aliphatic hydroxyl groups excluding tert-OH is 1. The fraction of sp³-hybridized carbons (Fsp3) is 0.949. The van der Waals surface area contributed by atoms with Crippen molar-refractivity contribution in [1.82, 2.24) is 0 Å². The van der Waals surface area contributed by atoms with Crippen molar-refractivity contribution in [1.29, 1.82) is 0 Å². The molecule has 0 rings (SSSR count). The molecule has 2 unspecified atom stereocenters. The Balaban J connectivity index is 5.24. The summed E-state index contributed by atoms with van der Waals surface area (Å²) in [5, 5.41) is 10.6. The lowest BCUT2D eigenvalue weighted by Crippen LogP contribution is -2.30. The molecule has 0 fully saturated rings. The molecule has 19 heteroatoms. The molecule has 0 aromatic heterocycles. The van der Waals surface area contributed by atoms with Crippen LogP contribution in [0.1, 0.15) is 414 Å². The third kappa shape index (κ3) is 72.4. The van der Waals surface area contributed by atoms with Crippen LogP contribution in [0.4, 0.5) is 0 Å². The fourth-order valence-electron chi connectivity index (χ4n) is 12.2. The number of carbonyl (C=O) groups excluding carboxylic acids is 4. The van der Waals surface area contributed by atoms with Gasteiger partial charge in [0.15, 0.2) is 12.2 Å². The summed E-state index contributed by atoms with van der Waals surface area (Å²) < 4.78 is 68.6. The molecule has 582 valence electrons. The number of phosphoric acid groups is 2. The topological polar surface area (TPSA) is 237 Å². The van der Waals surface area contributed by atoms with Crippen molar-refractivity contribution in [2.24, 2.45) is 11.8 Å². The number of phosphoric ester groups is 2. The van der Waals surface area contributed by atoms with E-state index >= 15 is 0 Å². The Morgan fingerprint density at radius 3 is 0.694 bits per heavy atom. The van der Waals surface area contributed by atoms with Gasteiger partial charge in [-0.2, -0.15) is 0 Å². The number of rotatable bonds is 78. The Morgan fingerprint density at radius 1 is 0.276 bits per heavy atom. The summed E-state index contributed by atoms with van der Waals surface area (Å²) in [6.07, 6.45) is 59.5. The molecule has 0 saturated heterocycles. The number of unbranched alkanes of at least 4 members (excludes halogenated alkanes) is 48. The van der Waals surface area contributed by atoms with Crippen LogP contribution in [-0.4, -0.2) is 96.7 Å². The van der Waals surface area contributed by atoms with Crippen molar-refractivity contribution >= 4 is 39.5 Å². The molecule has 0 amide bonds. The van der Waals surface area contributed by atoms with Crippen molar-refractivity contribution in [3.05, 3.63) is 0 Å². The van der Waals surface area contributed by atoms with Crippen LogP contribution in [-0.2, 0) is 65.4 Å². The average molecular weight is 1440 g/mol. The minimum atomic E-state index is -4.96. The number of aliphatic hydroxyl groups is 1. The van der Waals surface area contributed by atoms with Crippen LogP contribution in [0.5, 0.6) is 0 Å². The standard InChI is InChI=1S/C79H154O17P2/c1-7-9-11-13-15-17-19-20-26-33-39-45-51-57-63-78(83)95-74(67-89-76(81)61-55-49-43-37-18-16-14-12-10-8-2)69-93-97(85,86)91-65-73(80)66-92-98(87,88)94-70-75(68-90-77(82)62-56-50-44-38-32-29-28-31-36-42-48-54-60-72(5)6)96-79(84)64-58-52-46-40-34-27-24-22-21-23-25-30-35-41-47-53-59-71(3)4/h71-75,80H,7-70H2,1-6H3,(H,85,86)(H,87,88)/t73-,74+,75+/m0/s1. The van der Waals surface area contributed by atoms with Crippen molar-refractivity contribution < 1.29 is 80.2 Å². The van der Waals surface area contributed by atoms with Crippen LogP contribution in [0.15, 0.2) is 0 Å². The first-order chi connectivity index (χ1) is 47.4. The molecule has 0 aliphatic heterocycles. The van der Waals surface area contributed by atoms with Gasteiger partial charge in [0.05, 0.1) is 26.4 Å². The molecule has 3 N–H and O–H groups in total. The molecule has 5 atom stereocenters. The normalized spacial score (nSPS) is 13.9. The molecule has 0 radical (unpaired) electrons. The van der Waals surface area contributed by atoms with E-state index in [1.807, 2.05) is 0 Å². The predicted molar refractivity (Wildman–Crippen MR) is 400 cm³/mol. The van der Waals surface area contributed by atoms with Crippen LogP contribution in [0.25, 0.3) is 0 Å². The molecule has 0 saturated carbocycles. The molecule has 0 spiro atoms. The Labute approximate surface area is 600 Å². The highest BCUT2D eigenvalue weighted by atomic mass is 31.2. The van der Waals surface area contributed by atoms with E-state index in [4.69, 9.17) is 37.0 Å². The highest BCUT2D eigenvalue weighted by molar-refractivity contribution is 7.47. The number of hydrogen-bond donors (Lipinski definition) is 3. The quantitative estimate of drug-likeness (QED) is 0.0222. The molecular formula is C79H154O17P2. The zero-order chi connectivity index (χ0) is 72.1. The second-order valence-electron chi connectivity index (χ2n) is 29.4. The van der Waals surface area contributed by atoms with Crippen LogP contribution in [0, 0.1) is 11.8 Å². The third-order valence-electron chi connectivity index (χ3n) is 18.5. The van der Waals surface area contributed by atoms with Crippen molar-refractivity contribution in [3.8, 4) is 0 Å². The first-order valence-electron chi connectivity index (χ1n) is 41.0. The van der Waals surface area contributed by atoms with Gasteiger partial charge in [0.2, 0.25) is 0 Å². The Kier molecular flexibility index (Phi) is 69.3. The molecule has 0 aromatic rings. The van der Waals surface area contributed by atoms with Gasteiger partial charge in [0, 0.05) is 25.7 Å². The molecule has 0 aliphatic carbocycles. The highest BCUT2D eigenvalue weighted by Crippen LogP contribution is 2.45. The zero-order valence-electron chi connectivity index (χ0n) is 64.1.